The minimum absolute atomic E-state index is 0.500. The first-order valence-electron chi connectivity index (χ1n) is 7.37. The first-order valence-corrected chi connectivity index (χ1v) is 7.37. The second-order valence-corrected chi connectivity index (χ2v) is 5.05. The molecule has 1 aromatic carbocycles. The molecule has 0 aliphatic heterocycles. The molecule has 4 rings (SSSR count). The zero-order chi connectivity index (χ0) is 16.4. The molecule has 4 aromatic rings. The maximum atomic E-state index is 5.31. The van der Waals surface area contributed by atoms with Gasteiger partial charge in [0.15, 0.2) is 0 Å². The molecule has 0 aliphatic carbocycles. The lowest BCUT2D eigenvalue weighted by Crippen LogP contribution is -1.97. The number of methoxy groups -OCH3 is 1. The minimum Gasteiger partial charge on any atom is -0.497 e. The van der Waals surface area contributed by atoms with E-state index < -0.39 is 0 Å². The molecule has 0 radical (unpaired) electrons. The molecule has 0 aliphatic rings. The van der Waals surface area contributed by atoms with Gasteiger partial charge in [0, 0.05) is 24.2 Å². The van der Waals surface area contributed by atoms with Crippen molar-refractivity contribution in [2.75, 3.05) is 12.4 Å². The van der Waals surface area contributed by atoms with Crippen LogP contribution >= 0.6 is 0 Å². The van der Waals surface area contributed by atoms with Crippen LogP contribution < -0.4 is 10.1 Å². The molecule has 7 nitrogen and oxygen atoms in total. The number of fused-ring (bicyclic) bond motifs is 1. The predicted octanol–water partition coefficient (Wildman–Crippen LogP) is 2.94. The van der Waals surface area contributed by atoms with Crippen LogP contribution in [0.1, 0.15) is 0 Å². The van der Waals surface area contributed by atoms with E-state index in [1.165, 1.54) is 0 Å². The van der Waals surface area contributed by atoms with E-state index in [2.05, 4.69) is 25.5 Å². The van der Waals surface area contributed by atoms with Crippen molar-refractivity contribution in [1.82, 2.24) is 24.8 Å². The number of nitrogens with zero attached hydrogens (tertiary/aromatic N) is 5. The lowest BCUT2D eigenvalue weighted by atomic mass is 10.1. The Morgan fingerprint density at radius 3 is 2.71 bits per heavy atom. The molecule has 0 bridgehead atoms. The molecule has 3 aromatic heterocycles. The van der Waals surface area contributed by atoms with Crippen molar-refractivity contribution >= 4 is 17.2 Å². The third-order valence-electron chi connectivity index (χ3n) is 3.57. The Bertz CT molecular complexity index is 983. The van der Waals surface area contributed by atoms with Crippen molar-refractivity contribution in [2.24, 2.45) is 0 Å². The van der Waals surface area contributed by atoms with Crippen molar-refractivity contribution in [3.05, 3.63) is 61.1 Å². The van der Waals surface area contributed by atoms with Gasteiger partial charge in [0.2, 0.25) is 5.95 Å². The third kappa shape index (κ3) is 2.52. The van der Waals surface area contributed by atoms with Gasteiger partial charge in [0.1, 0.15) is 17.0 Å². The SMILES string of the molecule is COc1cccc(-c2nn3ncccc3c2Nc2ncccn2)c1. The molecule has 0 unspecified atom stereocenters. The summed E-state index contributed by atoms with van der Waals surface area (Å²) in [6.07, 6.45) is 5.06. The summed E-state index contributed by atoms with van der Waals surface area (Å²) < 4.78 is 6.90. The highest BCUT2D eigenvalue weighted by Crippen LogP contribution is 2.33. The first-order chi connectivity index (χ1) is 11.8. The second-order valence-electron chi connectivity index (χ2n) is 5.05. The Morgan fingerprint density at radius 1 is 1.00 bits per heavy atom. The van der Waals surface area contributed by atoms with Crippen LogP contribution in [0.4, 0.5) is 11.6 Å². The number of benzene rings is 1. The second kappa shape index (κ2) is 5.96. The molecule has 7 heteroatoms. The topological polar surface area (TPSA) is 77.2 Å². The quantitative estimate of drug-likeness (QED) is 0.623. The first kappa shape index (κ1) is 14.1. The molecular formula is C17H14N6O. The van der Waals surface area contributed by atoms with Gasteiger partial charge in [-0.1, -0.05) is 12.1 Å². The number of nitrogens with one attached hydrogen (secondary N) is 1. The van der Waals surface area contributed by atoms with Crippen LogP contribution in [0.15, 0.2) is 61.1 Å². The summed E-state index contributed by atoms with van der Waals surface area (Å²) in [5.41, 5.74) is 3.30. The Kier molecular flexibility index (Phi) is 3.51. The molecule has 0 saturated carbocycles. The summed E-state index contributed by atoms with van der Waals surface area (Å²) in [4.78, 5) is 8.45. The Morgan fingerprint density at radius 2 is 1.88 bits per heavy atom. The largest absolute Gasteiger partial charge is 0.497 e. The number of anilines is 2. The molecule has 3 heterocycles. The van der Waals surface area contributed by atoms with Gasteiger partial charge in [-0.15, -0.1) is 9.73 Å². The normalized spacial score (nSPS) is 10.7. The zero-order valence-electron chi connectivity index (χ0n) is 12.9. The van der Waals surface area contributed by atoms with Gasteiger partial charge in [0.05, 0.1) is 12.8 Å². The fraction of sp³-hybridized carbons (Fsp3) is 0.0588. The summed E-state index contributed by atoms with van der Waals surface area (Å²) in [6, 6.07) is 13.3. The molecule has 1 N–H and O–H groups in total. The Balaban J connectivity index is 1.89. The lowest BCUT2D eigenvalue weighted by Gasteiger charge is -2.06. The van der Waals surface area contributed by atoms with Gasteiger partial charge >= 0.3 is 0 Å². The molecule has 0 spiro atoms. The molecular weight excluding hydrogens is 304 g/mol. The van der Waals surface area contributed by atoms with Crippen LogP contribution in [0.5, 0.6) is 5.75 Å². The summed E-state index contributed by atoms with van der Waals surface area (Å²) >= 11 is 0. The fourth-order valence-corrected chi connectivity index (χ4v) is 2.46. The molecule has 24 heavy (non-hydrogen) atoms. The summed E-state index contributed by atoms with van der Waals surface area (Å²) in [5.74, 6) is 1.26. The van der Waals surface area contributed by atoms with Crippen molar-refractivity contribution in [3.63, 3.8) is 0 Å². The summed E-state index contributed by atoms with van der Waals surface area (Å²) in [7, 11) is 1.64. The fourth-order valence-electron chi connectivity index (χ4n) is 2.46. The predicted molar refractivity (Wildman–Crippen MR) is 90.3 cm³/mol. The highest BCUT2D eigenvalue weighted by Gasteiger charge is 2.16. The number of hydrogen-bond acceptors (Lipinski definition) is 6. The van der Waals surface area contributed by atoms with Gasteiger partial charge in [-0.05, 0) is 30.3 Å². The van der Waals surface area contributed by atoms with E-state index in [0.29, 0.717) is 5.95 Å². The van der Waals surface area contributed by atoms with Gasteiger partial charge in [-0.2, -0.15) is 5.10 Å². The van der Waals surface area contributed by atoms with E-state index in [-0.39, 0.29) is 0 Å². The standard InChI is InChI=1S/C17H14N6O/c1-24-13-6-2-5-12(11-13)15-16(21-17-18-8-4-9-19-17)14-7-3-10-20-23(14)22-15/h2-11H,1H3,(H,18,19,21). The van der Waals surface area contributed by atoms with Crippen LogP contribution in [-0.2, 0) is 0 Å². The molecule has 118 valence electrons. The smallest absolute Gasteiger partial charge is 0.227 e. The van der Waals surface area contributed by atoms with Crippen molar-refractivity contribution in [3.8, 4) is 17.0 Å². The van der Waals surface area contributed by atoms with Crippen LogP contribution in [0, 0.1) is 0 Å². The number of ether oxygens (including phenoxy) is 1. The minimum atomic E-state index is 0.500. The number of aromatic nitrogens is 5. The maximum Gasteiger partial charge on any atom is 0.227 e. The summed E-state index contributed by atoms with van der Waals surface area (Å²) in [6.45, 7) is 0. The average Bonchev–Trinajstić information content (AvgIpc) is 3.01. The Labute approximate surface area is 138 Å². The van der Waals surface area contributed by atoms with E-state index in [0.717, 1.165) is 28.2 Å². The van der Waals surface area contributed by atoms with Crippen LogP contribution in [-0.4, -0.2) is 31.9 Å². The zero-order valence-corrected chi connectivity index (χ0v) is 12.9. The van der Waals surface area contributed by atoms with Crippen LogP contribution in [0.2, 0.25) is 0 Å². The molecule has 0 atom stereocenters. The van der Waals surface area contributed by atoms with Crippen molar-refractivity contribution in [1.29, 1.82) is 0 Å². The number of hydrogen-bond donors (Lipinski definition) is 1. The average molecular weight is 318 g/mol. The van der Waals surface area contributed by atoms with E-state index in [1.807, 2.05) is 36.4 Å². The van der Waals surface area contributed by atoms with E-state index in [4.69, 9.17) is 4.74 Å². The monoisotopic (exact) mass is 318 g/mol. The third-order valence-corrected chi connectivity index (χ3v) is 3.57. The molecule has 0 saturated heterocycles. The van der Waals surface area contributed by atoms with Crippen LogP contribution in [0.25, 0.3) is 16.8 Å². The molecule has 0 fully saturated rings. The van der Waals surface area contributed by atoms with Gasteiger partial charge in [0.25, 0.3) is 0 Å². The van der Waals surface area contributed by atoms with E-state index >= 15 is 0 Å². The van der Waals surface area contributed by atoms with E-state index in [9.17, 15) is 0 Å². The molecule has 0 amide bonds. The van der Waals surface area contributed by atoms with Crippen LogP contribution in [0.3, 0.4) is 0 Å². The van der Waals surface area contributed by atoms with Gasteiger partial charge in [-0.25, -0.2) is 9.97 Å². The van der Waals surface area contributed by atoms with E-state index in [1.54, 1.807) is 36.4 Å². The number of rotatable bonds is 4. The highest BCUT2D eigenvalue weighted by atomic mass is 16.5. The highest BCUT2D eigenvalue weighted by molar-refractivity contribution is 5.89. The van der Waals surface area contributed by atoms with Crippen molar-refractivity contribution in [2.45, 2.75) is 0 Å². The van der Waals surface area contributed by atoms with Gasteiger partial charge in [-0.3, -0.25) is 0 Å². The van der Waals surface area contributed by atoms with Crippen molar-refractivity contribution < 1.29 is 4.74 Å². The lowest BCUT2D eigenvalue weighted by molar-refractivity contribution is 0.415. The summed E-state index contributed by atoms with van der Waals surface area (Å²) in [5, 5.41) is 12.1. The maximum absolute atomic E-state index is 5.31. The Hall–Kier alpha value is -3.48. The van der Waals surface area contributed by atoms with Gasteiger partial charge < -0.3 is 10.1 Å².